The molecule has 1 heteroatoms. The minimum atomic E-state index is 0.905. The Bertz CT molecular complexity index is 4980. The minimum absolute atomic E-state index is 0.905. The summed E-state index contributed by atoms with van der Waals surface area (Å²) in [6.07, 6.45) is 0. The second-order valence-electron chi connectivity index (χ2n) is 20.7. The molecule has 356 valence electrons. The van der Waals surface area contributed by atoms with Crippen LogP contribution in [0.3, 0.4) is 0 Å². The predicted molar refractivity (Wildman–Crippen MR) is 329 cm³/mol. The Morgan fingerprint density at radius 3 is 1.01 bits per heavy atom. The number of hydrogen-bond donors (Lipinski definition) is 0. The molecule has 77 heavy (non-hydrogen) atoms. The Hall–Kier alpha value is -10.1. The van der Waals surface area contributed by atoms with Gasteiger partial charge < -0.3 is 4.42 Å². The molecule has 0 amide bonds. The van der Waals surface area contributed by atoms with Gasteiger partial charge in [-0.15, -0.1) is 0 Å². The number of rotatable bonds is 6. The van der Waals surface area contributed by atoms with Crippen molar-refractivity contribution in [2.75, 3.05) is 0 Å². The number of para-hydroxylation sites is 1. The Kier molecular flexibility index (Phi) is 9.71. The van der Waals surface area contributed by atoms with E-state index in [1.54, 1.807) is 0 Å². The molecule has 0 aliphatic rings. The minimum Gasteiger partial charge on any atom is -0.456 e. The van der Waals surface area contributed by atoms with Crippen LogP contribution in [0.1, 0.15) is 0 Å². The number of hydrogen-bond acceptors (Lipinski definition) is 1. The van der Waals surface area contributed by atoms with Crippen LogP contribution in [0.25, 0.3) is 164 Å². The van der Waals surface area contributed by atoms with Crippen molar-refractivity contribution in [2.45, 2.75) is 0 Å². The molecule has 16 rings (SSSR count). The first-order valence-corrected chi connectivity index (χ1v) is 26.6. The van der Waals surface area contributed by atoms with Crippen LogP contribution in [-0.4, -0.2) is 0 Å². The molecule has 0 N–H and O–H groups in total. The van der Waals surface area contributed by atoms with Gasteiger partial charge in [0.1, 0.15) is 11.2 Å². The van der Waals surface area contributed by atoms with Crippen LogP contribution in [-0.2, 0) is 0 Å². The summed E-state index contributed by atoms with van der Waals surface area (Å²) in [6, 6.07) is 103. The van der Waals surface area contributed by atoms with Crippen molar-refractivity contribution >= 4 is 97.3 Å². The molecule has 1 heterocycles. The van der Waals surface area contributed by atoms with Gasteiger partial charge in [-0.25, -0.2) is 0 Å². The molecule has 0 bridgehead atoms. The third-order valence-corrected chi connectivity index (χ3v) is 16.4. The lowest BCUT2D eigenvalue weighted by Gasteiger charge is -2.18. The lowest BCUT2D eigenvalue weighted by atomic mass is 9.84. The van der Waals surface area contributed by atoms with Crippen molar-refractivity contribution in [3.8, 4) is 66.8 Å². The second-order valence-corrected chi connectivity index (χ2v) is 20.7. The van der Waals surface area contributed by atoms with Gasteiger partial charge >= 0.3 is 0 Å². The first-order valence-electron chi connectivity index (χ1n) is 26.6. The molecule has 0 saturated heterocycles. The van der Waals surface area contributed by atoms with E-state index in [0.29, 0.717) is 0 Å². The summed E-state index contributed by atoms with van der Waals surface area (Å²) in [7, 11) is 0. The lowest BCUT2D eigenvalue weighted by Crippen LogP contribution is -1.91. The van der Waals surface area contributed by atoms with Crippen LogP contribution >= 0.6 is 0 Å². The topological polar surface area (TPSA) is 13.1 Å². The van der Waals surface area contributed by atoms with Gasteiger partial charge in [-0.1, -0.05) is 237 Å². The van der Waals surface area contributed by atoms with E-state index in [2.05, 4.69) is 273 Å². The summed E-state index contributed by atoms with van der Waals surface area (Å²) in [5.41, 5.74) is 16.5. The molecular weight excluding hydrogens is 929 g/mol. The van der Waals surface area contributed by atoms with Crippen molar-refractivity contribution in [1.82, 2.24) is 0 Å². The van der Waals surface area contributed by atoms with Crippen molar-refractivity contribution < 1.29 is 4.42 Å². The van der Waals surface area contributed by atoms with Gasteiger partial charge in [-0.3, -0.25) is 0 Å². The number of furan rings is 1. The molecule has 0 radical (unpaired) electrons. The fourth-order valence-corrected chi connectivity index (χ4v) is 12.8. The highest BCUT2D eigenvalue weighted by Gasteiger charge is 2.21. The zero-order valence-electron chi connectivity index (χ0n) is 42.0. The van der Waals surface area contributed by atoms with Gasteiger partial charge in [0.2, 0.25) is 0 Å². The first kappa shape index (κ1) is 43.3. The molecule has 16 aromatic rings. The van der Waals surface area contributed by atoms with Crippen molar-refractivity contribution in [3.05, 3.63) is 279 Å². The normalized spacial score (nSPS) is 11.9. The van der Waals surface area contributed by atoms with E-state index in [1.807, 2.05) is 6.07 Å². The summed E-state index contributed by atoms with van der Waals surface area (Å²) < 4.78 is 6.41. The maximum atomic E-state index is 6.41. The van der Waals surface area contributed by atoms with E-state index < -0.39 is 0 Å². The Morgan fingerprint density at radius 1 is 0.182 bits per heavy atom. The Labute approximate surface area is 445 Å². The van der Waals surface area contributed by atoms with Crippen LogP contribution < -0.4 is 0 Å². The van der Waals surface area contributed by atoms with Gasteiger partial charge in [0.15, 0.2) is 0 Å². The van der Waals surface area contributed by atoms with Crippen LogP contribution in [0.2, 0.25) is 0 Å². The average molecular weight is 975 g/mol. The summed E-state index contributed by atoms with van der Waals surface area (Å²) in [5, 5.41) is 19.6. The second kappa shape index (κ2) is 17.2. The van der Waals surface area contributed by atoms with Gasteiger partial charge in [-0.2, -0.15) is 0 Å². The predicted octanol–water partition coefficient (Wildman–Crippen LogP) is 21.7. The van der Waals surface area contributed by atoms with E-state index in [1.165, 1.54) is 142 Å². The van der Waals surface area contributed by atoms with Crippen molar-refractivity contribution in [3.63, 3.8) is 0 Å². The van der Waals surface area contributed by atoms with Crippen molar-refractivity contribution in [1.29, 1.82) is 0 Å². The SMILES string of the molecule is c1ccc2cc(-c3c4ccccc4c(-c4ccc(-c5ccc6ccc(-c7ccc8ccc(-c9c%10ccccc%10c(-c%10cccc%11oc%12ccccc%12c%10%11)c%10ccccc9%10)cc8c7)cc6c5)cc4)c4ccccc34)ccc2c1. The third-order valence-electron chi connectivity index (χ3n) is 16.4. The van der Waals surface area contributed by atoms with Gasteiger partial charge in [0.05, 0.1) is 0 Å². The van der Waals surface area contributed by atoms with Crippen LogP contribution in [0, 0.1) is 0 Å². The van der Waals surface area contributed by atoms with E-state index in [4.69, 9.17) is 4.42 Å². The van der Waals surface area contributed by atoms with Crippen LogP contribution in [0.5, 0.6) is 0 Å². The largest absolute Gasteiger partial charge is 0.456 e. The van der Waals surface area contributed by atoms with E-state index in [-0.39, 0.29) is 0 Å². The highest BCUT2D eigenvalue weighted by molar-refractivity contribution is 6.26. The highest BCUT2D eigenvalue weighted by atomic mass is 16.3. The number of benzene rings is 15. The highest BCUT2D eigenvalue weighted by Crippen LogP contribution is 2.48. The maximum absolute atomic E-state index is 6.41. The van der Waals surface area contributed by atoms with Gasteiger partial charge in [-0.05, 0) is 185 Å². The first-order chi connectivity index (χ1) is 38.2. The van der Waals surface area contributed by atoms with E-state index >= 15 is 0 Å². The van der Waals surface area contributed by atoms with E-state index in [9.17, 15) is 0 Å². The molecule has 1 aromatic heterocycles. The molecular formula is C76H46O. The molecule has 0 unspecified atom stereocenters. The lowest BCUT2D eigenvalue weighted by molar-refractivity contribution is 0.669. The van der Waals surface area contributed by atoms with E-state index in [0.717, 1.165) is 21.9 Å². The molecule has 0 saturated carbocycles. The summed E-state index contributed by atoms with van der Waals surface area (Å²) in [5.74, 6) is 0. The summed E-state index contributed by atoms with van der Waals surface area (Å²) in [4.78, 5) is 0. The average Bonchev–Trinajstić information content (AvgIpc) is 3.89. The molecule has 0 aliphatic heterocycles. The molecule has 15 aromatic carbocycles. The smallest absolute Gasteiger partial charge is 0.136 e. The molecule has 0 spiro atoms. The Balaban J connectivity index is 0.762. The monoisotopic (exact) mass is 974 g/mol. The zero-order valence-corrected chi connectivity index (χ0v) is 42.0. The summed E-state index contributed by atoms with van der Waals surface area (Å²) >= 11 is 0. The molecule has 0 aliphatic carbocycles. The Morgan fingerprint density at radius 2 is 0.506 bits per heavy atom. The molecule has 1 nitrogen and oxygen atoms in total. The fraction of sp³-hybridized carbons (Fsp3) is 0. The molecule has 0 atom stereocenters. The fourth-order valence-electron chi connectivity index (χ4n) is 12.8. The van der Waals surface area contributed by atoms with Gasteiger partial charge in [0, 0.05) is 10.8 Å². The van der Waals surface area contributed by atoms with Crippen LogP contribution in [0.4, 0.5) is 0 Å². The standard InChI is InChI=1S/C76H46O/c1-2-15-52-42-56(40-33-47(52)14-1)73-62-18-5-3-16-60(62)72(61-17-4-6-19-63(61)73)51-35-28-48(29-36-51)53-37-30-49-31-38-54(44-58(49)43-53)55-39-32-50-34-41-57(46-59(50)45-55)74-64-20-7-9-22-66(64)75(67-23-10-8-21-65(67)74)69-25-13-27-71-76(69)68-24-11-12-26-70(68)77-71/h1-46H. The third kappa shape index (κ3) is 6.95. The summed E-state index contributed by atoms with van der Waals surface area (Å²) in [6.45, 7) is 0. The number of fused-ring (bicyclic) bond motifs is 10. The zero-order chi connectivity index (χ0) is 50.6. The van der Waals surface area contributed by atoms with Crippen molar-refractivity contribution in [2.24, 2.45) is 0 Å². The van der Waals surface area contributed by atoms with Crippen LogP contribution in [0.15, 0.2) is 283 Å². The molecule has 0 fully saturated rings. The van der Waals surface area contributed by atoms with Gasteiger partial charge in [0.25, 0.3) is 0 Å². The quantitative estimate of drug-likeness (QED) is 0.151. The maximum Gasteiger partial charge on any atom is 0.136 e.